The molecule has 0 bridgehead atoms. The lowest BCUT2D eigenvalue weighted by molar-refractivity contribution is 0.336. The first kappa shape index (κ1) is 15.1. The van der Waals surface area contributed by atoms with Gasteiger partial charge in [-0.2, -0.15) is 0 Å². The fourth-order valence-corrected chi connectivity index (χ4v) is 3.85. The summed E-state index contributed by atoms with van der Waals surface area (Å²) in [5, 5.41) is 3.77. The number of nitrogens with zero attached hydrogens (tertiary/aromatic N) is 1. The molecule has 2 atom stereocenters. The van der Waals surface area contributed by atoms with Gasteiger partial charge in [-0.15, -0.1) is 0 Å². The SMILES string of the molecule is CCN1CCC(CNC(C)c2ccc3c(c2)CCCC3)C1. The van der Waals surface area contributed by atoms with Gasteiger partial charge in [0.2, 0.25) is 0 Å². The van der Waals surface area contributed by atoms with Crippen molar-refractivity contribution in [2.75, 3.05) is 26.2 Å². The first-order valence-corrected chi connectivity index (χ1v) is 8.83. The third kappa shape index (κ3) is 3.67. The molecule has 1 aliphatic carbocycles. The summed E-state index contributed by atoms with van der Waals surface area (Å²) in [6.07, 6.45) is 6.66. The van der Waals surface area contributed by atoms with Crippen molar-refractivity contribution < 1.29 is 0 Å². The highest BCUT2D eigenvalue weighted by Gasteiger charge is 2.21. The molecule has 1 N–H and O–H groups in total. The van der Waals surface area contributed by atoms with Gasteiger partial charge in [0.15, 0.2) is 0 Å². The second-order valence-electron chi connectivity index (χ2n) is 6.91. The molecular weight excluding hydrogens is 256 g/mol. The number of rotatable bonds is 5. The summed E-state index contributed by atoms with van der Waals surface area (Å²) in [5.74, 6) is 0.838. The predicted octanol–water partition coefficient (Wildman–Crippen LogP) is 3.56. The van der Waals surface area contributed by atoms with E-state index in [9.17, 15) is 0 Å². The Balaban J connectivity index is 1.54. The molecule has 0 aromatic heterocycles. The van der Waals surface area contributed by atoms with Gasteiger partial charge >= 0.3 is 0 Å². The minimum atomic E-state index is 0.480. The van der Waals surface area contributed by atoms with E-state index in [-0.39, 0.29) is 0 Å². The summed E-state index contributed by atoms with van der Waals surface area (Å²) in [6.45, 7) is 9.52. The van der Waals surface area contributed by atoms with Gasteiger partial charge in [0.1, 0.15) is 0 Å². The highest BCUT2D eigenvalue weighted by atomic mass is 15.1. The highest BCUT2D eigenvalue weighted by molar-refractivity contribution is 5.35. The maximum atomic E-state index is 3.77. The van der Waals surface area contributed by atoms with Crippen molar-refractivity contribution in [2.24, 2.45) is 5.92 Å². The number of fused-ring (bicyclic) bond motifs is 1. The number of hydrogen-bond donors (Lipinski definition) is 1. The third-order valence-electron chi connectivity index (χ3n) is 5.40. The van der Waals surface area contributed by atoms with E-state index < -0.39 is 0 Å². The molecule has 1 fully saturated rings. The average Bonchev–Trinajstić information content (AvgIpc) is 3.00. The standard InChI is InChI=1S/C19H30N2/c1-3-21-11-10-16(14-21)13-20-15(2)18-9-8-17-6-4-5-7-19(17)12-18/h8-9,12,15-16,20H,3-7,10-11,13-14H2,1-2H3. The molecular formula is C19H30N2. The van der Waals surface area contributed by atoms with E-state index >= 15 is 0 Å². The van der Waals surface area contributed by atoms with E-state index in [2.05, 4.69) is 42.3 Å². The molecule has 3 rings (SSSR count). The van der Waals surface area contributed by atoms with Crippen molar-refractivity contribution in [2.45, 2.75) is 52.0 Å². The monoisotopic (exact) mass is 286 g/mol. The second-order valence-corrected chi connectivity index (χ2v) is 6.91. The zero-order valence-electron chi connectivity index (χ0n) is 13.7. The lowest BCUT2D eigenvalue weighted by Crippen LogP contribution is -2.28. The van der Waals surface area contributed by atoms with Gasteiger partial charge in [0.05, 0.1) is 0 Å². The summed E-state index contributed by atoms with van der Waals surface area (Å²) >= 11 is 0. The molecule has 116 valence electrons. The van der Waals surface area contributed by atoms with E-state index in [4.69, 9.17) is 0 Å². The van der Waals surface area contributed by atoms with Crippen molar-refractivity contribution in [3.8, 4) is 0 Å². The fraction of sp³-hybridized carbons (Fsp3) is 0.684. The molecule has 1 aromatic rings. The molecule has 2 nitrogen and oxygen atoms in total. The molecule has 2 heteroatoms. The maximum Gasteiger partial charge on any atom is 0.0292 e. The van der Waals surface area contributed by atoms with Gasteiger partial charge in [0, 0.05) is 12.6 Å². The van der Waals surface area contributed by atoms with Gasteiger partial charge in [-0.05, 0) is 81.3 Å². The second kappa shape index (κ2) is 6.93. The van der Waals surface area contributed by atoms with Gasteiger partial charge in [-0.1, -0.05) is 25.1 Å². The Bertz CT molecular complexity index is 469. The quantitative estimate of drug-likeness (QED) is 0.890. The summed E-state index contributed by atoms with van der Waals surface area (Å²) in [4.78, 5) is 2.57. The topological polar surface area (TPSA) is 15.3 Å². The van der Waals surface area contributed by atoms with E-state index in [0.29, 0.717) is 6.04 Å². The van der Waals surface area contributed by atoms with Gasteiger partial charge < -0.3 is 10.2 Å². The minimum Gasteiger partial charge on any atom is -0.310 e. The maximum absolute atomic E-state index is 3.77. The molecule has 1 aliphatic heterocycles. The van der Waals surface area contributed by atoms with Crippen LogP contribution in [0, 0.1) is 5.92 Å². The smallest absolute Gasteiger partial charge is 0.0292 e. The van der Waals surface area contributed by atoms with Crippen LogP contribution in [0.1, 0.15) is 55.8 Å². The first-order chi connectivity index (χ1) is 10.3. The minimum absolute atomic E-state index is 0.480. The van der Waals surface area contributed by atoms with Crippen LogP contribution in [0.5, 0.6) is 0 Å². The Morgan fingerprint density at radius 2 is 2.05 bits per heavy atom. The van der Waals surface area contributed by atoms with Crippen molar-refractivity contribution >= 4 is 0 Å². The van der Waals surface area contributed by atoms with Crippen LogP contribution < -0.4 is 5.32 Å². The predicted molar refractivity (Wildman–Crippen MR) is 89.7 cm³/mol. The normalized spacial score (nSPS) is 24.0. The largest absolute Gasteiger partial charge is 0.310 e. The molecule has 2 unspecified atom stereocenters. The van der Waals surface area contributed by atoms with Crippen LogP contribution in [-0.2, 0) is 12.8 Å². The number of nitrogens with one attached hydrogen (secondary N) is 1. The van der Waals surface area contributed by atoms with Crippen molar-refractivity contribution in [3.63, 3.8) is 0 Å². The van der Waals surface area contributed by atoms with E-state index in [1.54, 1.807) is 11.1 Å². The molecule has 21 heavy (non-hydrogen) atoms. The van der Waals surface area contributed by atoms with Crippen LogP contribution in [0.15, 0.2) is 18.2 Å². The summed E-state index contributed by atoms with van der Waals surface area (Å²) in [6, 6.07) is 7.65. The molecule has 2 aliphatic rings. The summed E-state index contributed by atoms with van der Waals surface area (Å²) < 4.78 is 0. The number of hydrogen-bond acceptors (Lipinski definition) is 2. The Kier molecular flexibility index (Phi) is 4.97. The Labute approximate surface area is 129 Å². The van der Waals surface area contributed by atoms with E-state index in [1.807, 2.05) is 0 Å². The third-order valence-corrected chi connectivity index (χ3v) is 5.40. The van der Waals surface area contributed by atoms with E-state index in [0.717, 1.165) is 12.5 Å². The van der Waals surface area contributed by atoms with Crippen molar-refractivity contribution in [1.82, 2.24) is 10.2 Å². The summed E-state index contributed by atoms with van der Waals surface area (Å²) in [7, 11) is 0. The highest BCUT2D eigenvalue weighted by Crippen LogP contribution is 2.25. The van der Waals surface area contributed by atoms with Crippen LogP contribution in [0.25, 0.3) is 0 Å². The molecule has 0 spiro atoms. The van der Waals surface area contributed by atoms with Gasteiger partial charge in [-0.25, -0.2) is 0 Å². The zero-order valence-corrected chi connectivity index (χ0v) is 13.7. The van der Waals surface area contributed by atoms with Gasteiger partial charge in [0.25, 0.3) is 0 Å². The number of benzene rings is 1. The molecule has 0 amide bonds. The molecule has 0 radical (unpaired) electrons. The molecule has 1 heterocycles. The van der Waals surface area contributed by atoms with Crippen LogP contribution >= 0.6 is 0 Å². The molecule has 0 saturated carbocycles. The number of aryl methyl sites for hydroxylation is 2. The van der Waals surface area contributed by atoms with Crippen LogP contribution in [0.3, 0.4) is 0 Å². The Morgan fingerprint density at radius 1 is 1.24 bits per heavy atom. The van der Waals surface area contributed by atoms with Crippen LogP contribution in [0.2, 0.25) is 0 Å². The Morgan fingerprint density at radius 3 is 2.81 bits per heavy atom. The van der Waals surface area contributed by atoms with Crippen LogP contribution in [0.4, 0.5) is 0 Å². The average molecular weight is 286 g/mol. The lowest BCUT2D eigenvalue weighted by Gasteiger charge is -2.21. The lowest BCUT2D eigenvalue weighted by atomic mass is 9.89. The summed E-state index contributed by atoms with van der Waals surface area (Å²) in [5.41, 5.74) is 4.66. The number of likely N-dealkylation sites (tertiary alicyclic amines) is 1. The van der Waals surface area contributed by atoms with Crippen molar-refractivity contribution in [3.05, 3.63) is 34.9 Å². The van der Waals surface area contributed by atoms with Gasteiger partial charge in [-0.3, -0.25) is 0 Å². The van der Waals surface area contributed by atoms with Crippen molar-refractivity contribution in [1.29, 1.82) is 0 Å². The Hall–Kier alpha value is -0.860. The van der Waals surface area contributed by atoms with E-state index in [1.165, 1.54) is 57.3 Å². The first-order valence-electron chi connectivity index (χ1n) is 8.83. The zero-order chi connectivity index (χ0) is 14.7. The van der Waals surface area contributed by atoms with Crippen LogP contribution in [-0.4, -0.2) is 31.1 Å². The fourth-order valence-electron chi connectivity index (χ4n) is 3.85. The molecule has 1 aromatic carbocycles. The molecule has 1 saturated heterocycles.